The third-order valence-electron chi connectivity index (χ3n) is 2.98. The van der Waals surface area contributed by atoms with Crippen molar-refractivity contribution in [2.24, 2.45) is 0 Å². The summed E-state index contributed by atoms with van der Waals surface area (Å²) in [6, 6.07) is 7.74. The van der Waals surface area contributed by atoms with E-state index in [2.05, 4.69) is 25.5 Å². The molecule has 6 nitrogen and oxygen atoms in total. The molecule has 0 aliphatic carbocycles. The number of aromatic nitrogens is 4. The number of nitrogens with one attached hydrogen (secondary N) is 2. The minimum Gasteiger partial charge on any atom is -0.295 e. The molecule has 0 atom stereocenters. The highest BCUT2D eigenvalue weighted by atomic mass is 19.1. The van der Waals surface area contributed by atoms with E-state index >= 15 is 0 Å². The normalized spacial score (nSPS) is 10.5. The largest absolute Gasteiger partial charge is 0.295 e. The molecule has 0 bridgehead atoms. The van der Waals surface area contributed by atoms with E-state index in [1.54, 1.807) is 30.6 Å². The zero-order valence-electron chi connectivity index (χ0n) is 11.7. The molecule has 2 heterocycles. The highest BCUT2D eigenvalue weighted by molar-refractivity contribution is 5.87. The molecular formula is C15H12FN5O. The molecule has 0 saturated carbocycles. The Labute approximate surface area is 125 Å². The number of hydrogen-bond donors (Lipinski definition) is 2. The number of halogens is 1. The van der Waals surface area contributed by atoms with E-state index in [-0.39, 0.29) is 17.7 Å². The lowest BCUT2D eigenvalue weighted by molar-refractivity contribution is -0.114. The van der Waals surface area contributed by atoms with Crippen LogP contribution in [0.4, 0.5) is 10.3 Å². The Hall–Kier alpha value is -3.09. The number of rotatable bonds is 3. The summed E-state index contributed by atoms with van der Waals surface area (Å²) in [5, 5.41) is 9.50. The van der Waals surface area contributed by atoms with Gasteiger partial charge in [0.1, 0.15) is 11.5 Å². The molecular weight excluding hydrogens is 285 g/mol. The smallest absolute Gasteiger partial charge is 0.229 e. The van der Waals surface area contributed by atoms with Crippen molar-refractivity contribution in [2.75, 3.05) is 5.32 Å². The Kier molecular flexibility index (Phi) is 3.61. The molecule has 3 rings (SSSR count). The standard InChI is InChI=1S/C15H12FN5O/c1-9(22)19-15-17-7-6-13(20-15)12-8-18-21-14(12)10-2-4-11(16)5-3-10/h2-8H,1H3,(H,18,21)(H,17,19,20,22). The van der Waals surface area contributed by atoms with Crippen LogP contribution in [0, 0.1) is 5.82 Å². The maximum absolute atomic E-state index is 13.0. The Morgan fingerprint density at radius 1 is 1.23 bits per heavy atom. The highest BCUT2D eigenvalue weighted by Gasteiger charge is 2.13. The van der Waals surface area contributed by atoms with Crippen LogP contribution in [0.15, 0.2) is 42.7 Å². The maximum Gasteiger partial charge on any atom is 0.229 e. The van der Waals surface area contributed by atoms with Gasteiger partial charge < -0.3 is 0 Å². The summed E-state index contributed by atoms with van der Waals surface area (Å²) in [4.78, 5) is 19.3. The van der Waals surface area contributed by atoms with Crippen molar-refractivity contribution < 1.29 is 9.18 Å². The maximum atomic E-state index is 13.0. The van der Waals surface area contributed by atoms with Crippen LogP contribution in [-0.4, -0.2) is 26.1 Å². The van der Waals surface area contributed by atoms with E-state index < -0.39 is 0 Å². The first-order valence-corrected chi connectivity index (χ1v) is 6.54. The lowest BCUT2D eigenvalue weighted by Crippen LogP contribution is -2.09. The minimum atomic E-state index is -0.309. The van der Waals surface area contributed by atoms with Crippen molar-refractivity contribution in [1.82, 2.24) is 20.2 Å². The Morgan fingerprint density at radius 3 is 2.73 bits per heavy atom. The molecule has 0 spiro atoms. The zero-order valence-corrected chi connectivity index (χ0v) is 11.7. The van der Waals surface area contributed by atoms with Gasteiger partial charge in [0.25, 0.3) is 0 Å². The SMILES string of the molecule is CC(=O)Nc1nccc(-c2c[nH]nc2-c2ccc(F)cc2)n1. The lowest BCUT2D eigenvalue weighted by Gasteiger charge is -2.04. The van der Waals surface area contributed by atoms with Gasteiger partial charge in [-0.3, -0.25) is 15.2 Å². The second-order valence-corrected chi connectivity index (χ2v) is 4.60. The quantitative estimate of drug-likeness (QED) is 0.778. The third-order valence-corrected chi connectivity index (χ3v) is 2.98. The average Bonchev–Trinajstić information content (AvgIpc) is 2.97. The average molecular weight is 297 g/mol. The van der Waals surface area contributed by atoms with Crippen molar-refractivity contribution in [1.29, 1.82) is 0 Å². The van der Waals surface area contributed by atoms with Gasteiger partial charge >= 0.3 is 0 Å². The Morgan fingerprint density at radius 2 is 2.00 bits per heavy atom. The van der Waals surface area contributed by atoms with Crippen molar-refractivity contribution in [2.45, 2.75) is 6.92 Å². The summed E-state index contributed by atoms with van der Waals surface area (Å²) in [5.74, 6) is -0.338. The van der Waals surface area contributed by atoms with E-state index in [0.717, 1.165) is 11.1 Å². The number of hydrogen-bond acceptors (Lipinski definition) is 4. The second kappa shape index (κ2) is 5.72. The topological polar surface area (TPSA) is 83.6 Å². The number of aromatic amines is 1. The van der Waals surface area contributed by atoms with Crippen LogP contribution in [0.2, 0.25) is 0 Å². The summed E-state index contributed by atoms with van der Waals surface area (Å²) < 4.78 is 13.0. The number of amides is 1. The van der Waals surface area contributed by atoms with Crippen LogP contribution in [0.1, 0.15) is 6.92 Å². The summed E-state index contributed by atoms with van der Waals surface area (Å²) in [6.07, 6.45) is 3.24. The van der Waals surface area contributed by atoms with Gasteiger partial charge in [-0.2, -0.15) is 5.10 Å². The number of nitrogens with zero attached hydrogens (tertiary/aromatic N) is 3. The molecule has 0 saturated heterocycles. The van der Waals surface area contributed by atoms with Crippen LogP contribution < -0.4 is 5.32 Å². The molecule has 22 heavy (non-hydrogen) atoms. The summed E-state index contributed by atoms with van der Waals surface area (Å²) in [7, 11) is 0. The Balaban J connectivity index is 2.01. The van der Waals surface area contributed by atoms with Crippen LogP contribution in [0.5, 0.6) is 0 Å². The fraction of sp³-hybridized carbons (Fsp3) is 0.0667. The first kappa shape index (κ1) is 13.9. The van der Waals surface area contributed by atoms with Crippen LogP contribution >= 0.6 is 0 Å². The van der Waals surface area contributed by atoms with E-state index in [4.69, 9.17) is 0 Å². The first-order valence-electron chi connectivity index (χ1n) is 6.54. The first-order chi connectivity index (χ1) is 10.6. The molecule has 3 aromatic rings. The summed E-state index contributed by atoms with van der Waals surface area (Å²) in [6.45, 7) is 1.39. The zero-order chi connectivity index (χ0) is 15.5. The number of anilines is 1. The molecule has 110 valence electrons. The number of carbonyl (C=O) groups excluding carboxylic acids is 1. The van der Waals surface area contributed by atoms with Crippen LogP contribution in [0.3, 0.4) is 0 Å². The van der Waals surface area contributed by atoms with Gasteiger partial charge in [-0.15, -0.1) is 0 Å². The molecule has 0 aliphatic heterocycles. The summed E-state index contributed by atoms with van der Waals surface area (Å²) >= 11 is 0. The second-order valence-electron chi connectivity index (χ2n) is 4.60. The number of carbonyl (C=O) groups is 1. The molecule has 1 aromatic carbocycles. The summed E-state index contributed by atoms with van der Waals surface area (Å²) in [5.41, 5.74) is 2.75. The number of H-pyrrole nitrogens is 1. The third kappa shape index (κ3) is 2.83. The fourth-order valence-electron chi connectivity index (χ4n) is 2.04. The van der Waals surface area contributed by atoms with Crippen LogP contribution in [-0.2, 0) is 4.79 Å². The van der Waals surface area contributed by atoms with Gasteiger partial charge in [0.05, 0.1) is 5.69 Å². The minimum absolute atomic E-state index is 0.219. The van der Waals surface area contributed by atoms with Crippen molar-refractivity contribution in [3.05, 3.63) is 48.5 Å². The van der Waals surface area contributed by atoms with Crippen molar-refractivity contribution in [3.63, 3.8) is 0 Å². The van der Waals surface area contributed by atoms with E-state index in [9.17, 15) is 9.18 Å². The Bertz CT molecular complexity index is 813. The van der Waals surface area contributed by atoms with Crippen molar-refractivity contribution >= 4 is 11.9 Å². The molecule has 0 fully saturated rings. The predicted molar refractivity (Wildman–Crippen MR) is 79.3 cm³/mol. The van der Waals surface area contributed by atoms with Crippen molar-refractivity contribution in [3.8, 4) is 22.5 Å². The van der Waals surface area contributed by atoms with Gasteiger partial charge in [0.15, 0.2) is 0 Å². The van der Waals surface area contributed by atoms with E-state index in [1.807, 2.05) is 0 Å². The molecule has 2 aromatic heterocycles. The fourth-order valence-corrected chi connectivity index (χ4v) is 2.04. The molecule has 7 heteroatoms. The van der Waals surface area contributed by atoms with Gasteiger partial charge in [-0.05, 0) is 30.3 Å². The lowest BCUT2D eigenvalue weighted by atomic mass is 10.1. The molecule has 0 unspecified atom stereocenters. The molecule has 1 amide bonds. The molecule has 0 aliphatic rings. The van der Waals surface area contributed by atoms with Crippen LogP contribution in [0.25, 0.3) is 22.5 Å². The highest BCUT2D eigenvalue weighted by Crippen LogP contribution is 2.29. The predicted octanol–water partition coefficient (Wildman–Crippen LogP) is 2.63. The monoisotopic (exact) mass is 297 g/mol. The van der Waals surface area contributed by atoms with Gasteiger partial charge in [-0.25, -0.2) is 14.4 Å². The van der Waals surface area contributed by atoms with Gasteiger partial charge in [-0.1, -0.05) is 0 Å². The van der Waals surface area contributed by atoms with Gasteiger partial charge in [0.2, 0.25) is 11.9 Å². The van der Waals surface area contributed by atoms with Gasteiger partial charge in [0, 0.05) is 30.4 Å². The molecule has 2 N–H and O–H groups in total. The molecule has 0 radical (unpaired) electrons. The van der Waals surface area contributed by atoms with E-state index in [1.165, 1.54) is 19.1 Å². The number of benzene rings is 1. The van der Waals surface area contributed by atoms with E-state index in [0.29, 0.717) is 11.4 Å².